The van der Waals surface area contributed by atoms with Crippen LogP contribution in [0.15, 0.2) is 15.3 Å². The Hall–Kier alpha value is -4.56. The van der Waals surface area contributed by atoms with Crippen molar-refractivity contribution in [1.29, 1.82) is 0 Å². The number of aldehydes is 1. The zero-order chi connectivity index (χ0) is 29.3. The number of carboxylic acid groups (broad SMARTS) is 2. The van der Waals surface area contributed by atoms with Gasteiger partial charge in [0.05, 0.1) is 18.0 Å². The van der Waals surface area contributed by atoms with Crippen LogP contribution in [0.3, 0.4) is 0 Å². The lowest BCUT2D eigenvalue weighted by atomic mass is 10.0. The first kappa shape index (κ1) is 30.7. The van der Waals surface area contributed by atoms with Gasteiger partial charge in [0.25, 0.3) is 0 Å². The molecule has 0 spiro atoms. The molecule has 6 N–H and O–H groups in total. The molecule has 0 aliphatic carbocycles. The number of carbonyl (C=O) groups is 5. The molecule has 2 rings (SSSR count). The lowest BCUT2D eigenvalue weighted by Crippen LogP contribution is -2.49. The Morgan fingerprint density at radius 3 is 2.41 bits per heavy atom. The summed E-state index contributed by atoms with van der Waals surface area (Å²) in [7, 11) is 0. The molecule has 13 nitrogen and oxygen atoms in total. The number of aryl methyl sites for hydroxylation is 1. The Morgan fingerprint density at radius 2 is 1.79 bits per heavy atom. The Bertz CT molecular complexity index is 1330. The number of carboxylic acids is 2. The van der Waals surface area contributed by atoms with Crippen molar-refractivity contribution in [3.63, 3.8) is 0 Å². The van der Waals surface area contributed by atoms with Gasteiger partial charge in [-0.3, -0.25) is 9.59 Å². The fourth-order valence-corrected chi connectivity index (χ4v) is 3.65. The van der Waals surface area contributed by atoms with Gasteiger partial charge in [-0.15, -0.1) is 0 Å². The van der Waals surface area contributed by atoms with E-state index in [1.54, 1.807) is 0 Å². The molecule has 0 bridgehead atoms. The van der Waals surface area contributed by atoms with Crippen LogP contribution >= 0.6 is 0 Å². The zero-order valence-electron chi connectivity index (χ0n) is 20.7. The minimum absolute atomic E-state index is 0.0309. The second-order valence-corrected chi connectivity index (χ2v) is 8.60. The highest BCUT2D eigenvalue weighted by Gasteiger charge is 2.23. The summed E-state index contributed by atoms with van der Waals surface area (Å²) >= 11 is 0. The number of fused-ring (bicyclic) bond motifs is 1. The molecule has 2 atom stereocenters. The van der Waals surface area contributed by atoms with Crippen LogP contribution in [0.2, 0.25) is 0 Å². The number of carbonyl (C=O) groups excluding carboxylic acids is 3. The summed E-state index contributed by atoms with van der Waals surface area (Å²) < 4.78 is 32.6. The highest BCUT2D eigenvalue weighted by molar-refractivity contribution is 5.86. The summed E-state index contributed by atoms with van der Waals surface area (Å²) in [6.07, 6.45) is -0.162. The first-order chi connectivity index (χ1) is 18.3. The number of halogens is 2. The molecule has 15 heteroatoms. The molecule has 1 aromatic carbocycles. The van der Waals surface area contributed by atoms with E-state index in [9.17, 15) is 47.8 Å². The maximum atomic E-state index is 14.1. The fraction of sp³-hybridized carbons (Fsp3) is 0.417. The number of hydrogen-bond donors (Lipinski definition) is 6. The highest BCUT2D eigenvalue weighted by atomic mass is 19.1. The Morgan fingerprint density at radius 1 is 1.10 bits per heavy atom. The Labute approximate surface area is 219 Å². The van der Waals surface area contributed by atoms with Gasteiger partial charge in [-0.05, 0) is 44.2 Å². The Balaban J connectivity index is 1.86. The number of phenols is 1. The minimum Gasteiger partial charge on any atom is -0.503 e. The van der Waals surface area contributed by atoms with E-state index in [2.05, 4.69) is 16.0 Å². The van der Waals surface area contributed by atoms with Gasteiger partial charge in [0, 0.05) is 18.4 Å². The standard InChI is InChI=1S/C24H27F2N3O10/c1-11-13-8-15(25)20(34)19(26)21(13)39-23(37)14(11)9-17(31)27-7-3-2-4-16(22(35)36)29-24(38)28-12(10-30)5-6-18(32)33/h8,10,12,16,34H,2-7,9H2,1H3,(H,27,31)(H,32,33)(H,35,36)(H2,28,29,38). The topological polar surface area (TPSA) is 212 Å². The summed E-state index contributed by atoms with van der Waals surface area (Å²) in [4.78, 5) is 69.6. The summed E-state index contributed by atoms with van der Waals surface area (Å²) in [5, 5.41) is 34.1. The lowest BCUT2D eigenvalue weighted by Gasteiger charge is -2.17. The van der Waals surface area contributed by atoms with Crippen molar-refractivity contribution in [3.05, 3.63) is 39.2 Å². The molecule has 3 amide bonds. The largest absolute Gasteiger partial charge is 0.503 e. The fourth-order valence-electron chi connectivity index (χ4n) is 3.65. The van der Waals surface area contributed by atoms with Crippen molar-refractivity contribution in [2.24, 2.45) is 0 Å². The maximum absolute atomic E-state index is 14.1. The number of rotatable bonds is 14. The predicted octanol–water partition coefficient (Wildman–Crippen LogP) is 1.10. The van der Waals surface area contributed by atoms with Gasteiger partial charge in [0.2, 0.25) is 11.7 Å². The third-order valence-electron chi connectivity index (χ3n) is 5.78. The van der Waals surface area contributed by atoms with Gasteiger partial charge in [0.15, 0.2) is 17.1 Å². The molecule has 0 fully saturated rings. The SMILES string of the molecule is Cc1c(CC(=O)NCCCCC(NC(=O)NC(C=O)CCC(=O)O)C(=O)O)c(=O)oc2c(F)c(O)c(F)cc12. The van der Waals surface area contributed by atoms with Gasteiger partial charge in [-0.2, -0.15) is 4.39 Å². The summed E-state index contributed by atoms with van der Waals surface area (Å²) in [5.41, 5.74) is -1.71. The summed E-state index contributed by atoms with van der Waals surface area (Å²) in [6.45, 7) is 1.45. The molecular formula is C24H27F2N3O10. The molecule has 1 heterocycles. The molecule has 212 valence electrons. The number of nitrogens with one attached hydrogen (secondary N) is 3. The van der Waals surface area contributed by atoms with Crippen molar-refractivity contribution >= 4 is 41.1 Å². The van der Waals surface area contributed by atoms with Crippen LogP contribution in [0, 0.1) is 18.6 Å². The predicted molar refractivity (Wildman–Crippen MR) is 129 cm³/mol. The number of amides is 3. The van der Waals surface area contributed by atoms with E-state index in [1.165, 1.54) is 6.92 Å². The number of unbranched alkanes of at least 4 members (excludes halogenated alkanes) is 1. The van der Waals surface area contributed by atoms with E-state index < -0.39 is 71.0 Å². The van der Waals surface area contributed by atoms with Crippen LogP contribution in [-0.4, -0.2) is 64.1 Å². The van der Waals surface area contributed by atoms with Crippen molar-refractivity contribution in [3.8, 4) is 5.75 Å². The van der Waals surface area contributed by atoms with Crippen molar-refractivity contribution in [2.75, 3.05) is 6.54 Å². The molecule has 39 heavy (non-hydrogen) atoms. The van der Waals surface area contributed by atoms with Crippen LogP contribution in [0.25, 0.3) is 11.0 Å². The normalized spacial score (nSPS) is 12.4. The zero-order valence-corrected chi connectivity index (χ0v) is 20.7. The second kappa shape index (κ2) is 13.8. The Kier molecular flexibility index (Phi) is 10.9. The van der Waals surface area contributed by atoms with E-state index in [0.29, 0.717) is 6.29 Å². The highest BCUT2D eigenvalue weighted by Crippen LogP contribution is 2.30. The van der Waals surface area contributed by atoms with Crippen molar-refractivity contribution < 1.29 is 52.5 Å². The monoisotopic (exact) mass is 555 g/mol. The molecule has 0 radical (unpaired) electrons. The molecule has 0 aliphatic heterocycles. The second-order valence-electron chi connectivity index (χ2n) is 8.60. The van der Waals surface area contributed by atoms with E-state index in [4.69, 9.17) is 9.52 Å². The number of aliphatic carboxylic acids is 2. The molecule has 2 aromatic rings. The van der Waals surface area contributed by atoms with Crippen LogP contribution in [0.5, 0.6) is 5.75 Å². The molecule has 0 saturated heterocycles. The van der Waals surface area contributed by atoms with Gasteiger partial charge in [-0.1, -0.05) is 0 Å². The van der Waals surface area contributed by atoms with E-state index in [-0.39, 0.29) is 55.2 Å². The van der Waals surface area contributed by atoms with Crippen LogP contribution in [0.4, 0.5) is 13.6 Å². The first-order valence-corrected chi connectivity index (χ1v) is 11.7. The molecule has 0 aliphatic rings. The van der Waals surface area contributed by atoms with Crippen molar-refractivity contribution in [1.82, 2.24) is 16.0 Å². The van der Waals surface area contributed by atoms with Gasteiger partial charge in [-0.25, -0.2) is 18.8 Å². The first-order valence-electron chi connectivity index (χ1n) is 11.7. The number of phenolic OH excluding ortho intramolecular Hbond substituents is 1. The smallest absolute Gasteiger partial charge is 0.340 e. The van der Waals surface area contributed by atoms with Gasteiger partial charge < -0.3 is 40.5 Å². The summed E-state index contributed by atoms with van der Waals surface area (Å²) in [5.74, 6) is -7.12. The van der Waals surface area contributed by atoms with Gasteiger partial charge in [0.1, 0.15) is 12.3 Å². The average Bonchev–Trinajstić information content (AvgIpc) is 2.87. The third-order valence-corrected chi connectivity index (χ3v) is 5.78. The van der Waals surface area contributed by atoms with E-state index in [0.717, 1.165) is 6.07 Å². The quantitative estimate of drug-likeness (QED) is 0.111. The van der Waals surface area contributed by atoms with Crippen LogP contribution < -0.4 is 21.6 Å². The number of benzene rings is 1. The van der Waals surface area contributed by atoms with E-state index in [1.807, 2.05) is 0 Å². The molecule has 0 saturated carbocycles. The minimum atomic E-state index is -1.44. The van der Waals surface area contributed by atoms with Gasteiger partial charge >= 0.3 is 23.6 Å². The molecule has 2 unspecified atom stereocenters. The third kappa shape index (κ3) is 8.48. The van der Waals surface area contributed by atoms with E-state index >= 15 is 0 Å². The molecule has 1 aromatic heterocycles. The number of hydrogen-bond acceptors (Lipinski definition) is 8. The van der Waals surface area contributed by atoms with Crippen LogP contribution in [-0.2, 0) is 25.6 Å². The number of urea groups is 1. The average molecular weight is 555 g/mol. The summed E-state index contributed by atoms with van der Waals surface area (Å²) in [6, 6.07) is -2.60. The lowest BCUT2D eigenvalue weighted by molar-refractivity contribution is -0.139. The maximum Gasteiger partial charge on any atom is 0.340 e. The van der Waals surface area contributed by atoms with Crippen molar-refractivity contribution in [2.45, 2.75) is 57.5 Å². The molecular weight excluding hydrogens is 528 g/mol. The van der Waals surface area contributed by atoms with Crippen LogP contribution in [0.1, 0.15) is 43.2 Å². The number of aromatic hydroxyl groups is 1.